The number of nitrogens with one attached hydrogen (secondary N) is 2. The molecule has 0 aliphatic heterocycles. The van der Waals surface area contributed by atoms with Gasteiger partial charge in [0.05, 0.1) is 24.0 Å². The van der Waals surface area contributed by atoms with Gasteiger partial charge in [-0.2, -0.15) is 5.10 Å². The Balaban J connectivity index is 2.20. The van der Waals surface area contributed by atoms with Crippen LogP contribution < -0.4 is 15.8 Å². The van der Waals surface area contributed by atoms with E-state index in [1.165, 1.54) is 13.3 Å². The summed E-state index contributed by atoms with van der Waals surface area (Å²) in [5, 5.41) is 9.32. The van der Waals surface area contributed by atoms with Crippen LogP contribution in [0, 0.1) is 0 Å². The third kappa shape index (κ3) is 2.38. The fourth-order valence-corrected chi connectivity index (χ4v) is 1.60. The first kappa shape index (κ1) is 12.3. The molecule has 0 aliphatic carbocycles. The van der Waals surface area contributed by atoms with E-state index in [-0.39, 0.29) is 17.3 Å². The molecule has 6 nitrogen and oxygen atoms in total. The molecular formula is C11H11ClN4O2. The Morgan fingerprint density at radius 2 is 2.33 bits per heavy atom. The smallest absolute Gasteiger partial charge is 0.275 e. The summed E-state index contributed by atoms with van der Waals surface area (Å²) in [6.45, 7) is 0. The van der Waals surface area contributed by atoms with Crippen LogP contribution in [0.2, 0.25) is 5.02 Å². The molecule has 0 aliphatic rings. The molecule has 0 bridgehead atoms. The number of carbonyl (C=O) groups excluding carboxylic acids is 1. The standard InChI is InChI=1S/C11H11ClN4O2/c1-18-9-4-6(2-3-7(9)12)15-11(17)10-8(13)5-14-16-10/h2-5H,13H2,1H3,(H,14,16)(H,15,17). The number of carbonyl (C=O) groups is 1. The van der Waals surface area contributed by atoms with Crippen LogP contribution in [-0.4, -0.2) is 23.2 Å². The van der Waals surface area contributed by atoms with Gasteiger partial charge >= 0.3 is 0 Å². The molecule has 0 saturated carbocycles. The van der Waals surface area contributed by atoms with Gasteiger partial charge in [-0.3, -0.25) is 9.89 Å². The highest BCUT2D eigenvalue weighted by atomic mass is 35.5. The number of aromatic amines is 1. The number of methoxy groups -OCH3 is 1. The molecule has 2 aromatic rings. The molecular weight excluding hydrogens is 256 g/mol. The molecule has 1 aromatic heterocycles. The Hall–Kier alpha value is -2.21. The van der Waals surface area contributed by atoms with Gasteiger partial charge in [0.1, 0.15) is 11.4 Å². The Morgan fingerprint density at radius 3 is 2.94 bits per heavy atom. The number of nitrogen functional groups attached to an aromatic ring is 1. The summed E-state index contributed by atoms with van der Waals surface area (Å²) in [4.78, 5) is 11.8. The van der Waals surface area contributed by atoms with Gasteiger partial charge in [0.2, 0.25) is 0 Å². The maximum atomic E-state index is 11.8. The number of rotatable bonds is 3. The first-order valence-corrected chi connectivity index (χ1v) is 5.43. The largest absolute Gasteiger partial charge is 0.495 e. The Morgan fingerprint density at radius 1 is 1.56 bits per heavy atom. The first-order valence-electron chi connectivity index (χ1n) is 5.05. The zero-order valence-corrected chi connectivity index (χ0v) is 10.3. The van der Waals surface area contributed by atoms with E-state index in [0.29, 0.717) is 16.5 Å². The number of hydrogen-bond donors (Lipinski definition) is 3. The summed E-state index contributed by atoms with van der Waals surface area (Å²) in [6, 6.07) is 4.91. The lowest BCUT2D eigenvalue weighted by molar-refractivity contribution is 0.102. The lowest BCUT2D eigenvalue weighted by atomic mass is 10.2. The van der Waals surface area contributed by atoms with Crippen LogP contribution in [0.15, 0.2) is 24.4 Å². The minimum atomic E-state index is -0.380. The van der Waals surface area contributed by atoms with Crippen LogP contribution in [0.1, 0.15) is 10.5 Å². The molecule has 1 heterocycles. The van der Waals surface area contributed by atoms with E-state index < -0.39 is 0 Å². The Bertz CT molecular complexity index is 582. The summed E-state index contributed by atoms with van der Waals surface area (Å²) in [5.74, 6) is 0.0985. The van der Waals surface area contributed by atoms with Gasteiger partial charge in [0.25, 0.3) is 5.91 Å². The summed E-state index contributed by atoms with van der Waals surface area (Å²) < 4.78 is 5.05. The van der Waals surface area contributed by atoms with Gasteiger partial charge in [0.15, 0.2) is 0 Å². The number of anilines is 2. The quantitative estimate of drug-likeness (QED) is 0.791. The number of aromatic nitrogens is 2. The van der Waals surface area contributed by atoms with Crippen LogP contribution in [-0.2, 0) is 0 Å². The molecule has 1 amide bonds. The molecule has 18 heavy (non-hydrogen) atoms. The first-order chi connectivity index (χ1) is 8.61. The van der Waals surface area contributed by atoms with Crippen molar-refractivity contribution in [1.29, 1.82) is 0 Å². The second-order valence-corrected chi connectivity index (χ2v) is 3.91. The number of nitrogens with zero attached hydrogens (tertiary/aromatic N) is 1. The maximum absolute atomic E-state index is 11.8. The van der Waals surface area contributed by atoms with Crippen molar-refractivity contribution in [2.75, 3.05) is 18.2 Å². The van der Waals surface area contributed by atoms with E-state index >= 15 is 0 Å². The van der Waals surface area contributed by atoms with Crippen molar-refractivity contribution in [2.24, 2.45) is 0 Å². The predicted octanol–water partition coefficient (Wildman–Crippen LogP) is 1.91. The topological polar surface area (TPSA) is 93.0 Å². The minimum absolute atomic E-state index is 0.212. The molecule has 0 atom stereocenters. The molecule has 2 rings (SSSR count). The average molecular weight is 267 g/mol. The van der Waals surface area contributed by atoms with Gasteiger partial charge in [-0.05, 0) is 12.1 Å². The van der Waals surface area contributed by atoms with Crippen molar-refractivity contribution in [1.82, 2.24) is 10.2 Å². The van der Waals surface area contributed by atoms with Crippen LogP contribution in [0.4, 0.5) is 11.4 Å². The number of halogens is 1. The van der Waals surface area contributed by atoms with Crippen molar-refractivity contribution >= 4 is 28.9 Å². The normalized spacial score (nSPS) is 10.1. The molecule has 1 aromatic carbocycles. The lowest BCUT2D eigenvalue weighted by Gasteiger charge is -2.07. The van der Waals surface area contributed by atoms with Gasteiger partial charge < -0.3 is 15.8 Å². The van der Waals surface area contributed by atoms with Gasteiger partial charge in [0, 0.05) is 11.8 Å². The number of hydrogen-bond acceptors (Lipinski definition) is 4. The summed E-state index contributed by atoms with van der Waals surface area (Å²) >= 11 is 5.88. The third-order valence-electron chi connectivity index (χ3n) is 2.30. The molecule has 0 spiro atoms. The van der Waals surface area contributed by atoms with Gasteiger partial charge in [-0.1, -0.05) is 11.6 Å². The van der Waals surface area contributed by atoms with Crippen molar-refractivity contribution < 1.29 is 9.53 Å². The van der Waals surface area contributed by atoms with Crippen LogP contribution in [0.5, 0.6) is 5.75 Å². The predicted molar refractivity (Wildman–Crippen MR) is 69.0 cm³/mol. The molecule has 0 radical (unpaired) electrons. The SMILES string of the molecule is COc1cc(NC(=O)c2[nH]ncc2N)ccc1Cl. The fourth-order valence-electron chi connectivity index (χ4n) is 1.41. The zero-order chi connectivity index (χ0) is 13.1. The van der Waals surface area contributed by atoms with E-state index in [1.54, 1.807) is 18.2 Å². The fraction of sp³-hybridized carbons (Fsp3) is 0.0909. The highest BCUT2D eigenvalue weighted by Gasteiger charge is 2.12. The highest BCUT2D eigenvalue weighted by molar-refractivity contribution is 6.32. The lowest BCUT2D eigenvalue weighted by Crippen LogP contribution is -2.14. The second kappa shape index (κ2) is 4.97. The molecule has 0 unspecified atom stereocenters. The second-order valence-electron chi connectivity index (χ2n) is 3.50. The van der Waals surface area contributed by atoms with Crippen molar-refractivity contribution in [2.45, 2.75) is 0 Å². The van der Waals surface area contributed by atoms with Crippen molar-refractivity contribution in [3.05, 3.63) is 35.1 Å². The van der Waals surface area contributed by atoms with Crippen LogP contribution in [0.3, 0.4) is 0 Å². The monoisotopic (exact) mass is 266 g/mol. The maximum Gasteiger partial charge on any atom is 0.275 e. The zero-order valence-electron chi connectivity index (χ0n) is 9.53. The Kier molecular flexibility index (Phi) is 3.38. The van der Waals surface area contributed by atoms with Gasteiger partial charge in [-0.15, -0.1) is 0 Å². The van der Waals surface area contributed by atoms with E-state index in [2.05, 4.69) is 15.5 Å². The number of H-pyrrole nitrogens is 1. The number of nitrogens with two attached hydrogens (primary N) is 1. The molecule has 4 N–H and O–H groups in total. The van der Waals surface area contributed by atoms with E-state index in [9.17, 15) is 4.79 Å². The Labute approximate surface area is 108 Å². The van der Waals surface area contributed by atoms with Crippen LogP contribution in [0.25, 0.3) is 0 Å². The molecule has 0 saturated heterocycles. The van der Waals surface area contributed by atoms with Crippen molar-refractivity contribution in [3.8, 4) is 5.75 Å². The van der Waals surface area contributed by atoms with E-state index in [1.807, 2.05) is 0 Å². The number of benzene rings is 1. The minimum Gasteiger partial charge on any atom is -0.495 e. The summed E-state index contributed by atoms with van der Waals surface area (Å²) in [7, 11) is 1.50. The van der Waals surface area contributed by atoms with E-state index in [0.717, 1.165) is 0 Å². The summed E-state index contributed by atoms with van der Waals surface area (Å²) in [5.41, 5.74) is 6.62. The highest BCUT2D eigenvalue weighted by Crippen LogP contribution is 2.27. The molecule has 94 valence electrons. The average Bonchev–Trinajstić information content (AvgIpc) is 2.78. The number of amides is 1. The van der Waals surface area contributed by atoms with Gasteiger partial charge in [-0.25, -0.2) is 0 Å². The van der Waals surface area contributed by atoms with Crippen molar-refractivity contribution in [3.63, 3.8) is 0 Å². The van der Waals surface area contributed by atoms with Crippen LogP contribution >= 0.6 is 11.6 Å². The van der Waals surface area contributed by atoms with E-state index in [4.69, 9.17) is 22.1 Å². The molecule has 0 fully saturated rings. The number of ether oxygens (including phenoxy) is 1. The molecule has 7 heteroatoms. The third-order valence-corrected chi connectivity index (χ3v) is 2.62. The summed E-state index contributed by atoms with van der Waals surface area (Å²) in [6.07, 6.45) is 1.37.